The zero-order valence-electron chi connectivity index (χ0n) is 15.3. The Labute approximate surface area is 179 Å². The summed E-state index contributed by atoms with van der Waals surface area (Å²) < 4.78 is 63.3. The average molecular weight is 501 g/mol. The van der Waals surface area contributed by atoms with Crippen molar-refractivity contribution in [1.29, 1.82) is 0 Å². The third kappa shape index (κ3) is 5.08. The molecule has 0 bridgehead atoms. The monoisotopic (exact) mass is 500 g/mol. The molecule has 3 aromatic rings. The summed E-state index contributed by atoms with van der Waals surface area (Å²) in [5.41, 5.74) is 7.38. The number of nitrogens with one attached hydrogen (secondary N) is 1. The maximum atomic E-state index is 13.1. The molecule has 0 spiro atoms. The Bertz CT molecular complexity index is 1260. The highest BCUT2D eigenvalue weighted by molar-refractivity contribution is 9.10. The van der Waals surface area contributed by atoms with Gasteiger partial charge in [-0.1, -0.05) is 5.92 Å². The average Bonchev–Trinajstić information content (AvgIpc) is 2.98. The van der Waals surface area contributed by atoms with E-state index < -0.39 is 22.7 Å². The van der Waals surface area contributed by atoms with Crippen molar-refractivity contribution in [2.45, 2.75) is 17.6 Å². The molecule has 0 aliphatic rings. The number of alkyl halides is 3. The third-order valence-corrected chi connectivity index (χ3v) is 5.98. The van der Waals surface area contributed by atoms with E-state index >= 15 is 0 Å². The lowest BCUT2D eigenvalue weighted by atomic mass is 10.2. The summed E-state index contributed by atoms with van der Waals surface area (Å²) in [6.07, 6.45) is -4.42. The SMILES string of the molecule is Nc1ccc2c(cc(C#CCNc3ccc(S(N)(=O)=O)cc3)n2CC(F)(F)F)c1Br. The molecule has 2 aromatic carbocycles. The van der Waals surface area contributed by atoms with Crippen LogP contribution >= 0.6 is 15.9 Å². The lowest BCUT2D eigenvalue weighted by Crippen LogP contribution is -2.18. The van der Waals surface area contributed by atoms with Crippen LogP contribution in [0.15, 0.2) is 51.8 Å². The highest BCUT2D eigenvalue weighted by atomic mass is 79.9. The summed E-state index contributed by atoms with van der Waals surface area (Å²) in [6, 6.07) is 10.3. The fraction of sp³-hybridized carbons (Fsp3) is 0.158. The summed E-state index contributed by atoms with van der Waals surface area (Å²) in [7, 11) is -3.78. The van der Waals surface area contributed by atoms with E-state index in [1.54, 1.807) is 6.07 Å². The molecule has 0 saturated heterocycles. The molecule has 0 fully saturated rings. The number of nitrogens with two attached hydrogens (primary N) is 2. The predicted octanol–water partition coefficient (Wildman–Crippen LogP) is 3.66. The molecule has 0 saturated carbocycles. The molecule has 158 valence electrons. The molecule has 1 heterocycles. The van der Waals surface area contributed by atoms with Crippen LogP contribution in [-0.4, -0.2) is 25.7 Å². The van der Waals surface area contributed by atoms with Crippen molar-refractivity contribution in [1.82, 2.24) is 4.57 Å². The number of aromatic nitrogens is 1. The van der Waals surface area contributed by atoms with Crippen LogP contribution in [0, 0.1) is 11.8 Å². The molecule has 3 rings (SSSR count). The minimum atomic E-state index is -4.42. The van der Waals surface area contributed by atoms with Gasteiger partial charge in [0, 0.05) is 21.2 Å². The van der Waals surface area contributed by atoms with E-state index in [9.17, 15) is 21.6 Å². The van der Waals surface area contributed by atoms with Gasteiger partial charge in [0.05, 0.1) is 22.7 Å². The molecular formula is C19H16BrF3N4O2S. The van der Waals surface area contributed by atoms with Crippen LogP contribution in [-0.2, 0) is 16.6 Å². The maximum absolute atomic E-state index is 13.1. The van der Waals surface area contributed by atoms with E-state index in [0.29, 0.717) is 26.8 Å². The fourth-order valence-electron chi connectivity index (χ4n) is 2.81. The van der Waals surface area contributed by atoms with Gasteiger partial charge >= 0.3 is 6.18 Å². The smallest absolute Gasteiger partial charge is 0.398 e. The van der Waals surface area contributed by atoms with Crippen molar-refractivity contribution >= 4 is 48.2 Å². The van der Waals surface area contributed by atoms with E-state index in [-0.39, 0.29) is 17.1 Å². The second kappa shape index (κ2) is 8.22. The van der Waals surface area contributed by atoms with Crippen molar-refractivity contribution in [3.8, 4) is 11.8 Å². The number of primary sulfonamides is 1. The normalized spacial score (nSPS) is 11.9. The number of anilines is 2. The van der Waals surface area contributed by atoms with Gasteiger partial charge < -0.3 is 15.6 Å². The van der Waals surface area contributed by atoms with Gasteiger partial charge in [0.15, 0.2) is 0 Å². The molecular weight excluding hydrogens is 485 g/mol. The van der Waals surface area contributed by atoms with Gasteiger partial charge in [0.25, 0.3) is 0 Å². The molecule has 5 N–H and O–H groups in total. The van der Waals surface area contributed by atoms with Gasteiger partial charge in [-0.2, -0.15) is 13.2 Å². The highest BCUT2D eigenvalue weighted by Gasteiger charge is 2.30. The predicted molar refractivity (Wildman–Crippen MR) is 113 cm³/mol. The van der Waals surface area contributed by atoms with Crippen molar-refractivity contribution < 1.29 is 21.6 Å². The zero-order chi connectivity index (χ0) is 22.1. The Hall–Kier alpha value is -2.68. The first-order valence-corrected chi connectivity index (χ1v) is 10.8. The molecule has 0 aliphatic heterocycles. The van der Waals surface area contributed by atoms with E-state index in [1.807, 2.05) is 0 Å². The third-order valence-electron chi connectivity index (χ3n) is 4.17. The largest absolute Gasteiger partial charge is 0.406 e. The Morgan fingerprint density at radius 1 is 1.13 bits per heavy atom. The van der Waals surface area contributed by atoms with Crippen LogP contribution in [0.25, 0.3) is 10.9 Å². The Morgan fingerprint density at radius 3 is 2.40 bits per heavy atom. The minimum absolute atomic E-state index is 0.0272. The molecule has 1 aromatic heterocycles. The first-order chi connectivity index (χ1) is 14.0. The van der Waals surface area contributed by atoms with Gasteiger partial charge in [-0.3, -0.25) is 0 Å². The summed E-state index contributed by atoms with van der Waals surface area (Å²) in [5, 5.41) is 8.52. The number of rotatable bonds is 4. The molecule has 11 heteroatoms. The Balaban J connectivity index is 1.84. The fourth-order valence-corrected chi connectivity index (χ4v) is 3.78. The van der Waals surface area contributed by atoms with E-state index in [1.165, 1.54) is 36.4 Å². The molecule has 6 nitrogen and oxygen atoms in total. The highest BCUT2D eigenvalue weighted by Crippen LogP contribution is 2.33. The number of benzene rings is 2. The maximum Gasteiger partial charge on any atom is 0.406 e. The number of sulfonamides is 1. The van der Waals surface area contributed by atoms with Crippen LogP contribution in [0.4, 0.5) is 24.5 Å². The van der Waals surface area contributed by atoms with Crippen LogP contribution in [0.5, 0.6) is 0 Å². The lowest BCUT2D eigenvalue weighted by molar-refractivity contribution is -0.140. The number of hydrogen-bond acceptors (Lipinski definition) is 4. The first-order valence-electron chi connectivity index (χ1n) is 8.45. The van der Waals surface area contributed by atoms with Crippen LogP contribution in [0.2, 0.25) is 0 Å². The summed E-state index contributed by atoms with van der Waals surface area (Å²) in [4.78, 5) is -0.0272. The second-order valence-corrected chi connectivity index (χ2v) is 8.71. The Morgan fingerprint density at radius 2 is 1.80 bits per heavy atom. The summed E-state index contributed by atoms with van der Waals surface area (Å²) in [6.45, 7) is -1.05. The van der Waals surface area contributed by atoms with Gasteiger partial charge in [-0.25, -0.2) is 13.6 Å². The van der Waals surface area contributed by atoms with Crippen molar-refractivity contribution in [2.24, 2.45) is 5.14 Å². The van der Waals surface area contributed by atoms with Crippen LogP contribution in [0.1, 0.15) is 5.69 Å². The van der Waals surface area contributed by atoms with Gasteiger partial charge in [0.1, 0.15) is 6.54 Å². The van der Waals surface area contributed by atoms with Gasteiger partial charge in [-0.15, -0.1) is 0 Å². The number of fused-ring (bicyclic) bond motifs is 1. The molecule has 30 heavy (non-hydrogen) atoms. The number of nitrogens with zero attached hydrogens (tertiary/aromatic N) is 1. The van der Waals surface area contributed by atoms with Crippen molar-refractivity contribution in [3.05, 3.63) is 52.6 Å². The molecule has 0 aliphatic carbocycles. The summed E-state index contributed by atoms with van der Waals surface area (Å²) >= 11 is 3.31. The lowest BCUT2D eigenvalue weighted by Gasteiger charge is -2.11. The van der Waals surface area contributed by atoms with E-state index in [4.69, 9.17) is 10.9 Å². The summed E-state index contributed by atoms with van der Waals surface area (Å²) in [5.74, 6) is 5.53. The quantitative estimate of drug-likeness (QED) is 0.375. The first kappa shape index (κ1) is 22.0. The minimum Gasteiger partial charge on any atom is -0.398 e. The number of hydrogen-bond donors (Lipinski definition) is 3. The van der Waals surface area contributed by atoms with Crippen molar-refractivity contribution in [3.63, 3.8) is 0 Å². The number of nitrogen functional groups attached to an aromatic ring is 1. The van der Waals surface area contributed by atoms with Crippen molar-refractivity contribution in [2.75, 3.05) is 17.6 Å². The number of halogens is 4. The molecule has 0 atom stereocenters. The van der Waals surface area contributed by atoms with Gasteiger partial charge in [0.2, 0.25) is 10.0 Å². The Kier molecular flexibility index (Phi) is 6.03. The van der Waals surface area contributed by atoms with E-state index in [2.05, 4.69) is 33.1 Å². The standard InChI is InChI=1S/C19H16BrF3N4O2S/c20-18-15-10-13(27(11-19(21,22)23)17(15)8-7-16(18)24)2-1-9-26-12-3-5-14(6-4-12)30(25,28)29/h3-8,10,26H,9,11,24H2,(H2,25,28,29). The molecule has 0 unspecified atom stereocenters. The van der Waals surface area contributed by atoms with E-state index in [0.717, 1.165) is 4.57 Å². The van der Waals surface area contributed by atoms with Crippen LogP contribution < -0.4 is 16.2 Å². The van der Waals surface area contributed by atoms with Gasteiger partial charge in [-0.05, 0) is 64.3 Å². The van der Waals surface area contributed by atoms with Crippen LogP contribution in [0.3, 0.4) is 0 Å². The topological polar surface area (TPSA) is 103 Å². The second-order valence-electron chi connectivity index (χ2n) is 6.36. The zero-order valence-corrected chi connectivity index (χ0v) is 17.7. The molecule has 0 amide bonds. The molecule has 0 radical (unpaired) electrons.